The van der Waals surface area contributed by atoms with E-state index in [1.165, 1.54) is 0 Å². The van der Waals surface area contributed by atoms with E-state index in [0.29, 0.717) is 19.5 Å². The highest BCUT2D eigenvalue weighted by atomic mass is 16.5. The molecule has 0 saturated carbocycles. The molecule has 0 heterocycles. The summed E-state index contributed by atoms with van der Waals surface area (Å²) < 4.78 is 5.07. The third-order valence-corrected chi connectivity index (χ3v) is 2.50. The van der Waals surface area contributed by atoms with Gasteiger partial charge in [0.1, 0.15) is 0 Å². The van der Waals surface area contributed by atoms with Gasteiger partial charge >= 0.3 is 0 Å². The Morgan fingerprint density at radius 3 is 2.60 bits per heavy atom. The molecular weight excluding hydrogens is 192 g/mol. The molecule has 1 unspecified atom stereocenters. The van der Waals surface area contributed by atoms with Crippen LogP contribution in [0.3, 0.4) is 0 Å². The van der Waals surface area contributed by atoms with E-state index in [1.807, 2.05) is 20.8 Å². The Labute approximate surface area is 92.6 Å². The molecule has 0 aliphatic carbocycles. The Kier molecular flexibility index (Phi) is 6.52. The molecule has 0 fully saturated rings. The molecule has 0 bridgehead atoms. The van der Waals surface area contributed by atoms with Gasteiger partial charge in [0, 0.05) is 20.1 Å². The lowest BCUT2D eigenvalue weighted by molar-refractivity contribution is -0.122. The zero-order chi connectivity index (χ0) is 11.9. The molecule has 4 nitrogen and oxygen atoms in total. The number of amides is 1. The fraction of sp³-hybridized carbons (Fsp3) is 0.909. The van der Waals surface area contributed by atoms with Crippen LogP contribution in [-0.2, 0) is 9.53 Å². The lowest BCUT2D eigenvalue weighted by atomic mass is 9.94. The largest absolute Gasteiger partial charge is 0.382 e. The Bertz CT molecular complexity index is 193. The molecule has 0 rings (SSSR count). The quantitative estimate of drug-likeness (QED) is 0.664. The second-order valence-electron chi connectivity index (χ2n) is 4.73. The van der Waals surface area contributed by atoms with Crippen molar-refractivity contribution in [2.45, 2.75) is 39.7 Å². The number of nitrogens with one attached hydrogen (secondary N) is 1. The zero-order valence-corrected chi connectivity index (χ0v) is 10.3. The zero-order valence-electron chi connectivity index (χ0n) is 10.3. The SMILES string of the molecule is COC(C)CCC(=O)NCC(C)(C)CN. The average molecular weight is 216 g/mol. The summed E-state index contributed by atoms with van der Waals surface area (Å²) in [6.45, 7) is 7.22. The standard InChI is InChI=1S/C11H24N2O2/c1-9(15-4)5-6-10(14)13-8-11(2,3)7-12/h9H,5-8,12H2,1-4H3,(H,13,14). The van der Waals surface area contributed by atoms with Crippen molar-refractivity contribution in [3.05, 3.63) is 0 Å². The molecule has 15 heavy (non-hydrogen) atoms. The highest BCUT2D eigenvalue weighted by Crippen LogP contribution is 2.10. The van der Waals surface area contributed by atoms with Crippen LogP contribution < -0.4 is 11.1 Å². The first-order chi connectivity index (χ1) is 6.91. The van der Waals surface area contributed by atoms with Crippen LogP contribution in [0.15, 0.2) is 0 Å². The predicted molar refractivity (Wildman–Crippen MR) is 61.6 cm³/mol. The van der Waals surface area contributed by atoms with Gasteiger partial charge in [-0.2, -0.15) is 0 Å². The molecule has 3 N–H and O–H groups in total. The van der Waals surface area contributed by atoms with E-state index < -0.39 is 0 Å². The van der Waals surface area contributed by atoms with Gasteiger partial charge in [-0.3, -0.25) is 4.79 Å². The van der Waals surface area contributed by atoms with E-state index in [1.54, 1.807) is 7.11 Å². The fourth-order valence-electron chi connectivity index (χ4n) is 0.951. The molecule has 1 atom stereocenters. The summed E-state index contributed by atoms with van der Waals surface area (Å²) in [6.07, 6.45) is 1.40. The number of carbonyl (C=O) groups is 1. The first-order valence-corrected chi connectivity index (χ1v) is 5.41. The molecule has 90 valence electrons. The minimum atomic E-state index is -0.0253. The topological polar surface area (TPSA) is 64.3 Å². The lowest BCUT2D eigenvalue weighted by Crippen LogP contribution is -2.38. The van der Waals surface area contributed by atoms with Crippen LogP contribution in [0.2, 0.25) is 0 Å². The highest BCUT2D eigenvalue weighted by Gasteiger charge is 2.16. The maximum absolute atomic E-state index is 11.4. The molecule has 0 aliphatic rings. The van der Waals surface area contributed by atoms with Crippen LogP contribution in [0, 0.1) is 5.41 Å². The van der Waals surface area contributed by atoms with E-state index in [0.717, 1.165) is 6.42 Å². The van der Waals surface area contributed by atoms with Gasteiger partial charge in [-0.25, -0.2) is 0 Å². The summed E-state index contributed by atoms with van der Waals surface area (Å²) in [5.41, 5.74) is 5.54. The summed E-state index contributed by atoms with van der Waals surface area (Å²) in [5.74, 6) is 0.0698. The van der Waals surface area contributed by atoms with Crippen molar-refractivity contribution in [3.8, 4) is 0 Å². The molecule has 0 aromatic rings. The molecule has 0 aromatic carbocycles. The van der Waals surface area contributed by atoms with E-state index in [2.05, 4.69) is 5.32 Å². The van der Waals surface area contributed by atoms with Crippen LogP contribution in [0.5, 0.6) is 0 Å². The molecule has 0 radical (unpaired) electrons. The van der Waals surface area contributed by atoms with E-state index >= 15 is 0 Å². The third-order valence-electron chi connectivity index (χ3n) is 2.50. The second-order valence-corrected chi connectivity index (χ2v) is 4.73. The van der Waals surface area contributed by atoms with Crippen LogP contribution in [-0.4, -0.2) is 32.2 Å². The molecule has 0 spiro atoms. The Hall–Kier alpha value is -0.610. The highest BCUT2D eigenvalue weighted by molar-refractivity contribution is 5.75. The fourth-order valence-corrected chi connectivity index (χ4v) is 0.951. The van der Waals surface area contributed by atoms with Gasteiger partial charge in [-0.1, -0.05) is 13.8 Å². The predicted octanol–water partition coefficient (Wildman–Crippen LogP) is 0.903. The van der Waals surface area contributed by atoms with Crippen molar-refractivity contribution in [2.75, 3.05) is 20.2 Å². The van der Waals surface area contributed by atoms with Gasteiger partial charge in [0.05, 0.1) is 6.10 Å². The number of nitrogens with two attached hydrogens (primary N) is 1. The molecule has 0 aromatic heterocycles. The molecule has 0 saturated heterocycles. The van der Waals surface area contributed by atoms with E-state index in [4.69, 9.17) is 10.5 Å². The van der Waals surface area contributed by atoms with Crippen LogP contribution >= 0.6 is 0 Å². The number of hydrogen-bond acceptors (Lipinski definition) is 3. The monoisotopic (exact) mass is 216 g/mol. The molecule has 1 amide bonds. The van der Waals surface area contributed by atoms with Gasteiger partial charge in [-0.05, 0) is 25.3 Å². The Morgan fingerprint density at radius 2 is 2.13 bits per heavy atom. The van der Waals surface area contributed by atoms with Gasteiger partial charge in [0.25, 0.3) is 0 Å². The number of ether oxygens (including phenoxy) is 1. The lowest BCUT2D eigenvalue weighted by Gasteiger charge is -2.22. The summed E-state index contributed by atoms with van der Waals surface area (Å²) in [4.78, 5) is 11.4. The van der Waals surface area contributed by atoms with Crippen LogP contribution in [0.25, 0.3) is 0 Å². The van der Waals surface area contributed by atoms with Crippen molar-refractivity contribution in [1.29, 1.82) is 0 Å². The molecule has 0 aliphatic heterocycles. The minimum Gasteiger partial charge on any atom is -0.382 e. The van der Waals surface area contributed by atoms with Crippen molar-refractivity contribution in [2.24, 2.45) is 11.1 Å². The van der Waals surface area contributed by atoms with Gasteiger partial charge in [-0.15, -0.1) is 0 Å². The van der Waals surface area contributed by atoms with Crippen molar-refractivity contribution < 1.29 is 9.53 Å². The van der Waals surface area contributed by atoms with E-state index in [-0.39, 0.29) is 17.4 Å². The van der Waals surface area contributed by atoms with Gasteiger partial charge in [0.2, 0.25) is 5.91 Å². The van der Waals surface area contributed by atoms with E-state index in [9.17, 15) is 4.79 Å². The number of methoxy groups -OCH3 is 1. The van der Waals surface area contributed by atoms with Crippen molar-refractivity contribution in [3.63, 3.8) is 0 Å². The Morgan fingerprint density at radius 1 is 1.53 bits per heavy atom. The molecular formula is C11H24N2O2. The van der Waals surface area contributed by atoms with Crippen molar-refractivity contribution in [1.82, 2.24) is 5.32 Å². The average Bonchev–Trinajstić information content (AvgIpc) is 2.23. The molecule has 4 heteroatoms. The summed E-state index contributed by atoms with van der Waals surface area (Å²) in [6, 6.07) is 0. The van der Waals surface area contributed by atoms with Crippen LogP contribution in [0.4, 0.5) is 0 Å². The number of rotatable bonds is 7. The summed E-state index contributed by atoms with van der Waals surface area (Å²) in [7, 11) is 1.65. The maximum atomic E-state index is 11.4. The first kappa shape index (κ1) is 14.4. The van der Waals surface area contributed by atoms with Crippen molar-refractivity contribution >= 4 is 5.91 Å². The number of carbonyl (C=O) groups excluding carboxylic acids is 1. The third kappa shape index (κ3) is 7.33. The minimum absolute atomic E-state index is 0.0253. The van der Waals surface area contributed by atoms with Gasteiger partial charge in [0.15, 0.2) is 0 Å². The summed E-state index contributed by atoms with van der Waals surface area (Å²) in [5, 5.41) is 2.88. The normalized spacial score (nSPS) is 13.7. The maximum Gasteiger partial charge on any atom is 0.220 e. The first-order valence-electron chi connectivity index (χ1n) is 5.41. The number of hydrogen-bond donors (Lipinski definition) is 2. The van der Waals surface area contributed by atoms with Crippen LogP contribution in [0.1, 0.15) is 33.6 Å². The Balaban J connectivity index is 3.67. The summed E-state index contributed by atoms with van der Waals surface area (Å²) >= 11 is 0. The van der Waals surface area contributed by atoms with Gasteiger partial charge < -0.3 is 15.8 Å². The second kappa shape index (κ2) is 6.80. The smallest absolute Gasteiger partial charge is 0.220 e.